The van der Waals surface area contributed by atoms with E-state index in [0.717, 1.165) is 15.7 Å². The van der Waals surface area contributed by atoms with Gasteiger partial charge in [-0.05, 0) is 50.6 Å². The highest BCUT2D eigenvalue weighted by Gasteiger charge is 2.26. The van der Waals surface area contributed by atoms with Crippen molar-refractivity contribution in [2.75, 3.05) is 4.90 Å². The lowest BCUT2D eigenvalue weighted by molar-refractivity contribution is 1.27. The van der Waals surface area contributed by atoms with Crippen molar-refractivity contribution in [2.45, 2.75) is 0 Å². The van der Waals surface area contributed by atoms with E-state index < -0.39 is 0 Å². The highest BCUT2D eigenvalue weighted by atomic mass is 79.9. The molecule has 0 radical (unpaired) electrons. The molecule has 5 rings (SSSR count). The quantitative estimate of drug-likeness (QED) is 0.264. The molecule has 0 spiro atoms. The fourth-order valence-electron chi connectivity index (χ4n) is 4.03. The van der Waals surface area contributed by atoms with Crippen molar-refractivity contribution in [1.29, 1.82) is 0 Å². The lowest BCUT2D eigenvalue weighted by Crippen LogP contribution is -2.15. The monoisotopic (exact) mass is 423 g/mol. The van der Waals surface area contributed by atoms with Gasteiger partial charge in [0.15, 0.2) is 0 Å². The van der Waals surface area contributed by atoms with Crippen molar-refractivity contribution in [3.05, 3.63) is 108 Å². The standard InChI is InChI=1S/C26H18BrN/c1-2-3-9-19-12-8-17-24(26(19)27)28-22-15-5-4-13-20(22)21-14-6-10-18-11-7-16-23(28)25(18)21/h2-17H,1H2/b9-3-. The predicted molar refractivity (Wildman–Crippen MR) is 125 cm³/mol. The van der Waals surface area contributed by atoms with E-state index >= 15 is 0 Å². The molecule has 0 aromatic heterocycles. The van der Waals surface area contributed by atoms with Gasteiger partial charge < -0.3 is 4.90 Å². The van der Waals surface area contributed by atoms with Crippen molar-refractivity contribution in [2.24, 2.45) is 0 Å². The van der Waals surface area contributed by atoms with Crippen LogP contribution < -0.4 is 4.90 Å². The number of hydrogen-bond donors (Lipinski definition) is 0. The van der Waals surface area contributed by atoms with E-state index in [1.54, 1.807) is 6.08 Å². The van der Waals surface area contributed by atoms with Crippen molar-refractivity contribution in [3.8, 4) is 11.1 Å². The van der Waals surface area contributed by atoms with Gasteiger partial charge in [0.2, 0.25) is 0 Å². The van der Waals surface area contributed by atoms with Crippen LogP contribution in [0.25, 0.3) is 28.0 Å². The van der Waals surface area contributed by atoms with E-state index in [9.17, 15) is 0 Å². The molecule has 1 aliphatic heterocycles. The highest BCUT2D eigenvalue weighted by molar-refractivity contribution is 9.10. The summed E-state index contributed by atoms with van der Waals surface area (Å²) in [5.74, 6) is 0. The van der Waals surface area contributed by atoms with Gasteiger partial charge in [0.1, 0.15) is 0 Å². The van der Waals surface area contributed by atoms with Gasteiger partial charge in [-0.1, -0.05) is 85.5 Å². The molecule has 0 fully saturated rings. The summed E-state index contributed by atoms with van der Waals surface area (Å²) in [5, 5.41) is 2.55. The van der Waals surface area contributed by atoms with Crippen LogP contribution in [-0.2, 0) is 0 Å². The van der Waals surface area contributed by atoms with Crippen LogP contribution >= 0.6 is 15.9 Å². The van der Waals surface area contributed by atoms with Crippen molar-refractivity contribution < 1.29 is 0 Å². The number of benzene rings is 4. The zero-order chi connectivity index (χ0) is 19.1. The Kier molecular flexibility index (Phi) is 4.14. The summed E-state index contributed by atoms with van der Waals surface area (Å²) >= 11 is 3.86. The molecule has 1 nitrogen and oxygen atoms in total. The summed E-state index contributed by atoms with van der Waals surface area (Å²) in [6.45, 7) is 3.79. The van der Waals surface area contributed by atoms with Crippen LogP contribution in [-0.4, -0.2) is 0 Å². The van der Waals surface area contributed by atoms with Crippen LogP contribution in [0.3, 0.4) is 0 Å². The molecule has 4 aromatic rings. The Morgan fingerprint density at radius 1 is 0.714 bits per heavy atom. The molecule has 0 unspecified atom stereocenters. The number of hydrogen-bond acceptors (Lipinski definition) is 1. The molecule has 1 aliphatic rings. The highest BCUT2D eigenvalue weighted by Crippen LogP contribution is 2.52. The minimum absolute atomic E-state index is 1.07. The second-order valence-electron chi connectivity index (χ2n) is 6.81. The first-order chi connectivity index (χ1) is 13.8. The number of fused-ring (bicyclic) bond motifs is 2. The van der Waals surface area contributed by atoms with Crippen molar-refractivity contribution in [1.82, 2.24) is 0 Å². The van der Waals surface area contributed by atoms with Crippen LogP contribution in [0.1, 0.15) is 5.56 Å². The molecule has 0 amide bonds. The van der Waals surface area contributed by atoms with E-state index in [4.69, 9.17) is 0 Å². The molecule has 0 aliphatic carbocycles. The Labute approximate surface area is 173 Å². The van der Waals surface area contributed by atoms with Gasteiger partial charge in [-0.25, -0.2) is 0 Å². The van der Waals surface area contributed by atoms with Gasteiger partial charge >= 0.3 is 0 Å². The number of nitrogens with zero attached hydrogens (tertiary/aromatic N) is 1. The molecular weight excluding hydrogens is 406 g/mol. The summed E-state index contributed by atoms with van der Waals surface area (Å²) in [6.07, 6.45) is 5.83. The lowest BCUT2D eigenvalue weighted by Gasteiger charge is -2.34. The Balaban J connectivity index is 1.85. The van der Waals surface area contributed by atoms with Crippen LogP contribution in [0.15, 0.2) is 102 Å². The SMILES string of the molecule is C=C/C=C\c1cccc(N2c3ccccc3-c3cccc4cccc2c34)c1Br. The Morgan fingerprint density at radius 2 is 1.39 bits per heavy atom. The van der Waals surface area contributed by atoms with Gasteiger partial charge in [-0.15, -0.1) is 0 Å². The maximum Gasteiger partial charge on any atom is 0.0610 e. The molecule has 0 atom stereocenters. The number of para-hydroxylation sites is 1. The molecule has 0 saturated heterocycles. The van der Waals surface area contributed by atoms with Gasteiger partial charge in [-0.2, -0.15) is 0 Å². The van der Waals surface area contributed by atoms with Gasteiger partial charge in [-0.3, -0.25) is 0 Å². The summed E-state index contributed by atoms with van der Waals surface area (Å²) in [4.78, 5) is 2.36. The second kappa shape index (κ2) is 6.81. The molecule has 0 saturated carbocycles. The lowest BCUT2D eigenvalue weighted by atomic mass is 9.91. The van der Waals surface area contributed by atoms with Crippen LogP contribution in [0.5, 0.6) is 0 Å². The number of halogens is 1. The second-order valence-corrected chi connectivity index (χ2v) is 7.60. The normalized spacial score (nSPS) is 12.4. The molecular formula is C26H18BrN. The average molecular weight is 424 g/mol. The zero-order valence-electron chi connectivity index (χ0n) is 15.3. The summed E-state index contributed by atoms with van der Waals surface area (Å²) in [6, 6.07) is 28.1. The fourth-order valence-corrected chi connectivity index (χ4v) is 4.60. The van der Waals surface area contributed by atoms with E-state index in [1.807, 2.05) is 6.08 Å². The van der Waals surface area contributed by atoms with E-state index in [1.165, 1.54) is 33.3 Å². The van der Waals surface area contributed by atoms with Crippen molar-refractivity contribution >= 4 is 49.8 Å². The van der Waals surface area contributed by atoms with Crippen molar-refractivity contribution in [3.63, 3.8) is 0 Å². The predicted octanol–water partition coefficient (Wildman–Crippen LogP) is 8.25. The third-order valence-corrected chi connectivity index (χ3v) is 6.08. The van der Waals surface area contributed by atoms with E-state index in [2.05, 4.69) is 112 Å². The summed E-state index contributed by atoms with van der Waals surface area (Å²) in [5.41, 5.74) is 7.20. The third-order valence-electron chi connectivity index (χ3n) is 5.22. The molecule has 1 heterocycles. The van der Waals surface area contributed by atoms with Gasteiger partial charge in [0, 0.05) is 15.4 Å². The third kappa shape index (κ3) is 2.53. The first-order valence-corrected chi connectivity index (χ1v) is 10.1. The van der Waals surface area contributed by atoms with E-state index in [-0.39, 0.29) is 0 Å². The smallest absolute Gasteiger partial charge is 0.0610 e. The molecule has 134 valence electrons. The largest absolute Gasteiger partial charge is 0.308 e. The van der Waals surface area contributed by atoms with Crippen LogP contribution in [0.2, 0.25) is 0 Å². The Hall–Kier alpha value is -3.10. The first-order valence-electron chi connectivity index (χ1n) is 9.28. The molecule has 0 N–H and O–H groups in total. The summed E-state index contributed by atoms with van der Waals surface area (Å²) in [7, 11) is 0. The van der Waals surface area contributed by atoms with Gasteiger partial charge in [0.25, 0.3) is 0 Å². The minimum atomic E-state index is 1.07. The minimum Gasteiger partial charge on any atom is -0.308 e. The fraction of sp³-hybridized carbons (Fsp3) is 0. The maximum atomic E-state index is 3.86. The maximum absolute atomic E-state index is 3.86. The van der Waals surface area contributed by atoms with E-state index in [0.29, 0.717) is 0 Å². The topological polar surface area (TPSA) is 3.24 Å². The average Bonchev–Trinajstić information content (AvgIpc) is 2.74. The van der Waals surface area contributed by atoms with Gasteiger partial charge in [0.05, 0.1) is 17.1 Å². The Bertz CT molecular complexity index is 1250. The molecule has 28 heavy (non-hydrogen) atoms. The first kappa shape index (κ1) is 17.0. The van der Waals surface area contributed by atoms with Crippen LogP contribution in [0.4, 0.5) is 17.1 Å². The zero-order valence-corrected chi connectivity index (χ0v) is 16.9. The molecule has 4 aromatic carbocycles. The Morgan fingerprint density at radius 3 is 2.25 bits per heavy atom. The number of rotatable bonds is 3. The number of allylic oxidation sites excluding steroid dienone is 2. The molecule has 2 heteroatoms. The molecule has 0 bridgehead atoms. The summed E-state index contributed by atoms with van der Waals surface area (Å²) < 4.78 is 1.07. The number of anilines is 3. The van der Waals surface area contributed by atoms with Crippen LogP contribution in [0, 0.1) is 0 Å².